The fourth-order valence-electron chi connectivity index (χ4n) is 1.83. The van der Waals surface area contributed by atoms with Gasteiger partial charge in [-0.3, -0.25) is 4.79 Å². The number of hydrogen-bond acceptors (Lipinski definition) is 4. The molecular weight excluding hydrogens is 252 g/mol. The van der Waals surface area contributed by atoms with Gasteiger partial charge in [0.15, 0.2) is 9.84 Å². The quantitative estimate of drug-likeness (QED) is 0.732. The largest absolute Gasteiger partial charge is 0.355 e. The molecule has 0 aliphatic carbocycles. The molecule has 0 saturated carbocycles. The summed E-state index contributed by atoms with van der Waals surface area (Å²) in [6.45, 7) is 5.45. The Morgan fingerprint density at radius 3 is 2.61 bits per heavy atom. The smallest absolute Gasteiger partial charge is 0.220 e. The zero-order chi connectivity index (χ0) is 13.8. The molecule has 0 aromatic rings. The van der Waals surface area contributed by atoms with E-state index in [1.165, 1.54) is 6.26 Å². The minimum absolute atomic E-state index is 0.0568. The first-order valence-electron chi connectivity index (χ1n) is 6.39. The maximum atomic E-state index is 11.6. The Hall–Kier alpha value is -0.620. The van der Waals surface area contributed by atoms with Gasteiger partial charge in [-0.2, -0.15) is 0 Å². The molecule has 5 nitrogen and oxygen atoms in total. The fraction of sp³-hybridized carbons (Fsp3) is 0.917. The predicted octanol–water partition coefficient (Wildman–Crippen LogP) is 0.316. The molecule has 1 heterocycles. The van der Waals surface area contributed by atoms with Crippen LogP contribution in [0.4, 0.5) is 0 Å². The van der Waals surface area contributed by atoms with E-state index in [4.69, 9.17) is 0 Å². The maximum Gasteiger partial charge on any atom is 0.220 e. The van der Waals surface area contributed by atoms with Crippen molar-refractivity contribution >= 4 is 15.7 Å². The van der Waals surface area contributed by atoms with Crippen LogP contribution in [0.3, 0.4) is 0 Å². The van der Waals surface area contributed by atoms with Gasteiger partial charge in [-0.15, -0.1) is 0 Å². The van der Waals surface area contributed by atoms with Crippen LogP contribution < -0.4 is 10.6 Å². The average molecular weight is 276 g/mol. The van der Waals surface area contributed by atoms with Crippen molar-refractivity contribution in [2.75, 3.05) is 25.9 Å². The first-order chi connectivity index (χ1) is 8.22. The second-order valence-electron chi connectivity index (χ2n) is 5.71. The van der Waals surface area contributed by atoms with E-state index in [1.807, 2.05) is 0 Å². The van der Waals surface area contributed by atoms with Crippen LogP contribution in [0.15, 0.2) is 0 Å². The summed E-state index contributed by atoms with van der Waals surface area (Å²) in [5.41, 5.74) is 0. The molecule has 106 valence electrons. The summed E-state index contributed by atoms with van der Waals surface area (Å²) in [6.07, 6.45) is 3.68. The highest BCUT2D eigenvalue weighted by molar-refractivity contribution is 7.92. The number of carbonyl (C=O) groups is 1. The molecule has 18 heavy (non-hydrogen) atoms. The van der Waals surface area contributed by atoms with E-state index in [0.717, 1.165) is 25.9 Å². The molecule has 1 atom stereocenters. The predicted molar refractivity (Wildman–Crippen MR) is 72.1 cm³/mol. The van der Waals surface area contributed by atoms with E-state index in [1.54, 1.807) is 13.8 Å². The lowest BCUT2D eigenvalue weighted by Crippen LogP contribution is -2.43. The van der Waals surface area contributed by atoms with Gasteiger partial charge in [0.05, 0.1) is 4.75 Å². The van der Waals surface area contributed by atoms with Crippen LogP contribution in [0.1, 0.15) is 33.1 Å². The van der Waals surface area contributed by atoms with Crippen LogP contribution in [0.5, 0.6) is 0 Å². The van der Waals surface area contributed by atoms with Gasteiger partial charge in [0.1, 0.15) is 0 Å². The van der Waals surface area contributed by atoms with Gasteiger partial charge in [-0.05, 0) is 45.7 Å². The van der Waals surface area contributed by atoms with Gasteiger partial charge in [-0.1, -0.05) is 0 Å². The second-order valence-corrected chi connectivity index (χ2v) is 8.36. The number of hydrogen-bond donors (Lipinski definition) is 2. The Balaban J connectivity index is 2.28. The Morgan fingerprint density at radius 2 is 2.11 bits per heavy atom. The lowest BCUT2D eigenvalue weighted by molar-refractivity contribution is -0.121. The van der Waals surface area contributed by atoms with Crippen molar-refractivity contribution < 1.29 is 13.2 Å². The number of nitrogens with one attached hydrogen (secondary N) is 2. The Morgan fingerprint density at radius 1 is 1.44 bits per heavy atom. The third kappa shape index (κ3) is 4.57. The molecule has 0 radical (unpaired) electrons. The van der Waals surface area contributed by atoms with E-state index in [9.17, 15) is 13.2 Å². The van der Waals surface area contributed by atoms with Crippen LogP contribution in [-0.2, 0) is 14.6 Å². The molecule has 6 heteroatoms. The second kappa shape index (κ2) is 6.02. The van der Waals surface area contributed by atoms with Gasteiger partial charge in [0.25, 0.3) is 0 Å². The molecular formula is C12H24N2O3S. The maximum absolute atomic E-state index is 11.6. The van der Waals surface area contributed by atoms with Crippen molar-refractivity contribution in [2.45, 2.75) is 37.9 Å². The van der Waals surface area contributed by atoms with Gasteiger partial charge < -0.3 is 10.6 Å². The zero-order valence-corrected chi connectivity index (χ0v) is 12.3. The highest BCUT2D eigenvalue weighted by atomic mass is 32.2. The Labute approximate surface area is 110 Å². The molecule has 0 spiro atoms. The number of rotatable bonds is 6. The van der Waals surface area contributed by atoms with Crippen molar-refractivity contribution in [2.24, 2.45) is 5.92 Å². The minimum Gasteiger partial charge on any atom is -0.355 e. The molecule has 1 saturated heterocycles. The molecule has 1 fully saturated rings. The van der Waals surface area contributed by atoms with Crippen LogP contribution in [0, 0.1) is 5.92 Å². The summed E-state index contributed by atoms with van der Waals surface area (Å²) in [5.74, 6) is 0.525. The summed E-state index contributed by atoms with van der Waals surface area (Å²) in [5, 5.41) is 5.98. The summed E-state index contributed by atoms with van der Waals surface area (Å²) >= 11 is 0. The lowest BCUT2D eigenvalue weighted by Gasteiger charge is -2.22. The monoisotopic (exact) mass is 276 g/mol. The third-order valence-corrected chi connectivity index (χ3v) is 5.81. The third-order valence-electron chi connectivity index (χ3n) is 3.66. The van der Waals surface area contributed by atoms with Crippen molar-refractivity contribution in [3.63, 3.8) is 0 Å². The average Bonchev–Trinajstić information content (AvgIpc) is 2.74. The SMILES string of the molecule is CC(C)(CNC(=O)CCC1CCNC1)S(C)(=O)=O. The van der Waals surface area contributed by atoms with E-state index < -0.39 is 14.6 Å². The van der Waals surface area contributed by atoms with Crippen LogP contribution >= 0.6 is 0 Å². The number of carbonyl (C=O) groups excluding carboxylic acids is 1. The molecule has 0 aromatic carbocycles. The number of sulfone groups is 1. The van der Waals surface area contributed by atoms with Gasteiger partial charge in [0, 0.05) is 19.2 Å². The van der Waals surface area contributed by atoms with Gasteiger partial charge in [-0.25, -0.2) is 8.42 Å². The van der Waals surface area contributed by atoms with Crippen molar-refractivity contribution in [3.05, 3.63) is 0 Å². The van der Waals surface area contributed by atoms with Crippen LogP contribution in [0.2, 0.25) is 0 Å². The first kappa shape index (κ1) is 15.4. The molecule has 1 rings (SSSR count). The summed E-state index contributed by atoms with van der Waals surface area (Å²) < 4.78 is 22.0. The Kier molecular flexibility index (Phi) is 5.16. The first-order valence-corrected chi connectivity index (χ1v) is 8.28. The molecule has 0 bridgehead atoms. The minimum atomic E-state index is -3.15. The fourth-order valence-corrected chi connectivity index (χ4v) is 2.16. The summed E-state index contributed by atoms with van der Waals surface area (Å²) in [7, 11) is -3.15. The highest BCUT2D eigenvalue weighted by Crippen LogP contribution is 2.15. The standard InChI is InChI=1S/C12H24N2O3S/c1-12(2,18(3,16)17)9-14-11(15)5-4-10-6-7-13-8-10/h10,13H,4-9H2,1-3H3,(H,14,15). The zero-order valence-electron chi connectivity index (χ0n) is 11.5. The van der Waals surface area contributed by atoms with Crippen molar-refractivity contribution in [3.8, 4) is 0 Å². The molecule has 1 aliphatic rings. The molecule has 1 amide bonds. The van der Waals surface area contributed by atoms with Gasteiger partial charge in [0.2, 0.25) is 5.91 Å². The van der Waals surface area contributed by atoms with Crippen LogP contribution in [0.25, 0.3) is 0 Å². The van der Waals surface area contributed by atoms with E-state index in [0.29, 0.717) is 12.3 Å². The topological polar surface area (TPSA) is 75.3 Å². The summed E-state index contributed by atoms with van der Waals surface area (Å²) in [4.78, 5) is 11.6. The van der Waals surface area contributed by atoms with Crippen molar-refractivity contribution in [1.29, 1.82) is 0 Å². The van der Waals surface area contributed by atoms with Crippen molar-refractivity contribution in [1.82, 2.24) is 10.6 Å². The van der Waals surface area contributed by atoms with E-state index in [2.05, 4.69) is 10.6 Å². The van der Waals surface area contributed by atoms with E-state index >= 15 is 0 Å². The van der Waals surface area contributed by atoms with Crippen LogP contribution in [-0.4, -0.2) is 45.0 Å². The molecule has 1 aliphatic heterocycles. The van der Waals surface area contributed by atoms with E-state index in [-0.39, 0.29) is 12.5 Å². The van der Waals surface area contributed by atoms with Gasteiger partial charge >= 0.3 is 0 Å². The Bertz CT molecular complexity index is 384. The molecule has 0 aromatic heterocycles. The molecule has 1 unspecified atom stereocenters. The number of amides is 1. The normalized spacial score (nSPS) is 20.9. The lowest BCUT2D eigenvalue weighted by atomic mass is 10.0. The molecule has 2 N–H and O–H groups in total. The highest BCUT2D eigenvalue weighted by Gasteiger charge is 2.30. The summed E-state index contributed by atoms with van der Waals surface area (Å²) in [6, 6.07) is 0.